The number of carbonyl (C=O) groups excluding carboxylic acids is 1. The van der Waals surface area contributed by atoms with Crippen LogP contribution in [-0.4, -0.2) is 20.9 Å². The Balaban J connectivity index is 2.19. The first-order chi connectivity index (χ1) is 10.8. The Kier molecular flexibility index (Phi) is 5.35. The van der Waals surface area contributed by atoms with Crippen LogP contribution in [0.25, 0.3) is 0 Å². The third-order valence-electron chi connectivity index (χ3n) is 2.69. The molecular weight excluding hydrogens is 363 g/mol. The van der Waals surface area contributed by atoms with Crippen molar-refractivity contribution < 1.29 is 17.9 Å². The van der Waals surface area contributed by atoms with Gasteiger partial charge in [0.25, 0.3) is 15.9 Å². The Morgan fingerprint density at radius 1 is 1.13 bits per heavy atom. The maximum absolute atomic E-state index is 12.3. The molecule has 2 aromatic carbocycles. The van der Waals surface area contributed by atoms with Crippen molar-refractivity contribution in [1.82, 2.24) is 0 Å². The zero-order chi connectivity index (χ0) is 17.0. The number of carbonyl (C=O) groups is 1. The number of halogens is 2. The minimum absolute atomic E-state index is 0.0000304. The maximum atomic E-state index is 12.3. The van der Waals surface area contributed by atoms with Crippen molar-refractivity contribution in [3.05, 3.63) is 52.5 Å². The van der Waals surface area contributed by atoms with Crippen LogP contribution in [0.2, 0.25) is 10.0 Å². The Hall–Kier alpha value is -1.96. The number of ether oxygens (including phenoxy) is 1. The molecule has 0 aromatic heterocycles. The molecule has 0 aliphatic carbocycles. The molecule has 0 radical (unpaired) electrons. The highest BCUT2D eigenvalue weighted by Gasteiger charge is 2.16. The minimum Gasteiger partial charge on any atom is -0.484 e. The van der Waals surface area contributed by atoms with Gasteiger partial charge in [0.2, 0.25) is 0 Å². The number of hydrogen-bond acceptors (Lipinski definition) is 4. The van der Waals surface area contributed by atoms with Gasteiger partial charge in [0.1, 0.15) is 5.75 Å². The van der Waals surface area contributed by atoms with E-state index in [0.717, 1.165) is 0 Å². The van der Waals surface area contributed by atoms with E-state index in [2.05, 4.69) is 4.72 Å². The second kappa shape index (κ2) is 7.08. The largest absolute Gasteiger partial charge is 0.484 e. The fourth-order valence-corrected chi connectivity index (χ4v) is 3.11. The third kappa shape index (κ3) is 4.75. The molecule has 3 N–H and O–H groups in total. The first-order valence-electron chi connectivity index (χ1n) is 6.27. The average Bonchev–Trinajstić information content (AvgIpc) is 2.49. The Morgan fingerprint density at radius 3 is 2.39 bits per heavy atom. The van der Waals surface area contributed by atoms with E-state index in [9.17, 15) is 13.2 Å². The Morgan fingerprint density at radius 2 is 1.78 bits per heavy atom. The molecule has 0 spiro atoms. The van der Waals surface area contributed by atoms with Crippen molar-refractivity contribution in [2.75, 3.05) is 11.3 Å². The number of rotatable bonds is 6. The van der Waals surface area contributed by atoms with Gasteiger partial charge in [-0.3, -0.25) is 9.52 Å². The molecule has 122 valence electrons. The molecule has 1 amide bonds. The average molecular weight is 375 g/mol. The number of amides is 1. The highest BCUT2D eigenvalue weighted by atomic mass is 35.5. The van der Waals surface area contributed by atoms with Crippen LogP contribution in [0.5, 0.6) is 5.75 Å². The quantitative estimate of drug-likeness (QED) is 0.811. The van der Waals surface area contributed by atoms with Gasteiger partial charge >= 0.3 is 0 Å². The number of nitrogens with two attached hydrogens (primary N) is 1. The fraction of sp³-hybridized carbons (Fsp3) is 0.0714. The number of benzene rings is 2. The standard InChI is InChI=1S/C14H12Cl2N2O4S/c15-9-1-6-12(16)13(7-9)18-23(20,21)11-4-2-10(3-5-11)22-8-14(17)19/h1-7,18H,8H2,(H2,17,19). The van der Waals surface area contributed by atoms with Gasteiger partial charge < -0.3 is 10.5 Å². The van der Waals surface area contributed by atoms with Gasteiger partial charge in [0.05, 0.1) is 15.6 Å². The van der Waals surface area contributed by atoms with Crippen molar-refractivity contribution >= 4 is 44.8 Å². The van der Waals surface area contributed by atoms with Crippen LogP contribution >= 0.6 is 23.2 Å². The highest BCUT2D eigenvalue weighted by molar-refractivity contribution is 7.92. The molecule has 0 heterocycles. The first kappa shape index (κ1) is 17.4. The molecule has 0 fully saturated rings. The SMILES string of the molecule is NC(=O)COc1ccc(S(=O)(=O)Nc2cc(Cl)ccc2Cl)cc1. The molecule has 0 aliphatic heterocycles. The number of sulfonamides is 1. The second-order valence-electron chi connectivity index (χ2n) is 4.46. The summed E-state index contributed by atoms with van der Waals surface area (Å²) in [7, 11) is -3.84. The van der Waals surface area contributed by atoms with E-state index >= 15 is 0 Å². The van der Waals surface area contributed by atoms with Gasteiger partial charge in [0.15, 0.2) is 6.61 Å². The summed E-state index contributed by atoms with van der Waals surface area (Å²) in [4.78, 5) is 10.6. The van der Waals surface area contributed by atoms with Crippen molar-refractivity contribution in [2.24, 2.45) is 5.73 Å². The maximum Gasteiger partial charge on any atom is 0.261 e. The number of primary amides is 1. The van der Waals surface area contributed by atoms with Crippen molar-refractivity contribution in [2.45, 2.75) is 4.90 Å². The van der Waals surface area contributed by atoms with Gasteiger partial charge in [-0.05, 0) is 42.5 Å². The molecule has 0 bridgehead atoms. The van der Waals surface area contributed by atoms with Gasteiger partial charge in [-0.1, -0.05) is 23.2 Å². The summed E-state index contributed by atoms with van der Waals surface area (Å²) in [5.41, 5.74) is 5.13. The lowest BCUT2D eigenvalue weighted by Gasteiger charge is -2.10. The normalized spacial score (nSPS) is 11.0. The molecule has 6 nitrogen and oxygen atoms in total. The molecular formula is C14H12Cl2N2O4S. The molecule has 0 aliphatic rings. The summed E-state index contributed by atoms with van der Waals surface area (Å²) in [6.07, 6.45) is 0. The van der Waals surface area contributed by atoms with Crippen LogP contribution in [0.3, 0.4) is 0 Å². The summed E-state index contributed by atoms with van der Waals surface area (Å²) in [5, 5.41) is 0.571. The lowest BCUT2D eigenvalue weighted by atomic mass is 10.3. The van der Waals surface area contributed by atoms with Crippen molar-refractivity contribution in [1.29, 1.82) is 0 Å². The lowest BCUT2D eigenvalue weighted by Crippen LogP contribution is -2.20. The lowest BCUT2D eigenvalue weighted by molar-refractivity contribution is -0.119. The third-order valence-corrected chi connectivity index (χ3v) is 4.63. The van der Waals surface area contributed by atoms with Crippen LogP contribution < -0.4 is 15.2 Å². The molecule has 9 heteroatoms. The highest BCUT2D eigenvalue weighted by Crippen LogP contribution is 2.28. The second-order valence-corrected chi connectivity index (χ2v) is 6.98. The summed E-state index contributed by atoms with van der Waals surface area (Å²) >= 11 is 11.8. The monoisotopic (exact) mass is 374 g/mol. The molecule has 0 unspecified atom stereocenters. The molecule has 0 saturated carbocycles. The van der Waals surface area contributed by atoms with E-state index in [1.165, 1.54) is 36.4 Å². The number of hydrogen-bond donors (Lipinski definition) is 2. The van der Waals surface area contributed by atoms with Gasteiger partial charge in [-0.15, -0.1) is 0 Å². The zero-order valence-electron chi connectivity index (χ0n) is 11.6. The van der Waals surface area contributed by atoms with Crippen LogP contribution in [0, 0.1) is 0 Å². The Bertz CT molecular complexity index is 823. The summed E-state index contributed by atoms with van der Waals surface area (Å²) < 4.78 is 32.0. The minimum atomic E-state index is -3.84. The number of anilines is 1. The van der Waals surface area contributed by atoms with Crippen molar-refractivity contribution in [3.63, 3.8) is 0 Å². The van der Waals surface area contributed by atoms with Crippen LogP contribution in [0.4, 0.5) is 5.69 Å². The van der Waals surface area contributed by atoms with Gasteiger partial charge in [-0.2, -0.15) is 0 Å². The van der Waals surface area contributed by atoms with E-state index in [-0.39, 0.29) is 22.2 Å². The molecule has 2 aromatic rings. The zero-order valence-corrected chi connectivity index (χ0v) is 14.0. The fourth-order valence-electron chi connectivity index (χ4n) is 1.65. The molecule has 2 rings (SSSR count). The molecule has 23 heavy (non-hydrogen) atoms. The van der Waals surface area contributed by atoms with Crippen molar-refractivity contribution in [3.8, 4) is 5.75 Å². The van der Waals surface area contributed by atoms with Crippen LogP contribution in [-0.2, 0) is 14.8 Å². The predicted octanol–water partition coefficient (Wildman–Crippen LogP) is 2.66. The summed E-state index contributed by atoms with van der Waals surface area (Å²) in [5.74, 6) is -0.303. The number of nitrogens with one attached hydrogen (secondary N) is 1. The van der Waals surface area contributed by atoms with Gasteiger partial charge in [-0.25, -0.2) is 8.42 Å². The van der Waals surface area contributed by atoms with E-state index in [0.29, 0.717) is 10.8 Å². The topological polar surface area (TPSA) is 98.5 Å². The van der Waals surface area contributed by atoms with E-state index < -0.39 is 15.9 Å². The first-order valence-corrected chi connectivity index (χ1v) is 8.51. The van der Waals surface area contributed by atoms with E-state index in [1.54, 1.807) is 6.07 Å². The smallest absolute Gasteiger partial charge is 0.261 e. The summed E-state index contributed by atoms with van der Waals surface area (Å²) in [6, 6.07) is 9.93. The van der Waals surface area contributed by atoms with Crippen LogP contribution in [0.1, 0.15) is 0 Å². The molecule has 0 atom stereocenters. The summed E-state index contributed by atoms with van der Waals surface area (Å²) in [6.45, 7) is -0.289. The van der Waals surface area contributed by atoms with Crippen LogP contribution in [0.15, 0.2) is 47.4 Å². The Labute approximate surface area is 143 Å². The van der Waals surface area contributed by atoms with E-state index in [1.807, 2.05) is 0 Å². The predicted molar refractivity (Wildman–Crippen MR) is 88.4 cm³/mol. The van der Waals surface area contributed by atoms with Gasteiger partial charge in [0, 0.05) is 5.02 Å². The molecule has 0 saturated heterocycles. The van der Waals surface area contributed by atoms with E-state index in [4.69, 9.17) is 33.7 Å².